The zero-order valence-electron chi connectivity index (χ0n) is 40.0. The number of amides is 1. The van der Waals surface area contributed by atoms with E-state index in [1.807, 2.05) is 126 Å². The number of carbonyl (C=O) groups is 2. The summed E-state index contributed by atoms with van der Waals surface area (Å²) >= 11 is 4.97. The van der Waals surface area contributed by atoms with Crippen LogP contribution in [0.2, 0.25) is 5.28 Å². The Balaban J connectivity index is 0.000000202. The van der Waals surface area contributed by atoms with E-state index in [1.54, 1.807) is 11.8 Å². The Morgan fingerprint density at radius 3 is 1.54 bits per heavy atom. The monoisotopic (exact) mass is 1090 g/mol. The first kappa shape index (κ1) is 55.0. The summed E-state index contributed by atoms with van der Waals surface area (Å²) in [6.45, 7) is 17.6. The number of rotatable bonds is 15. The maximum atomic E-state index is 12.0. The fourth-order valence-corrected chi connectivity index (χ4v) is 18.4. The van der Waals surface area contributed by atoms with Crippen molar-refractivity contribution in [3.8, 4) is 0 Å². The maximum absolute atomic E-state index is 12.0. The number of thioether (sulfide) groups is 2. The number of para-hydroxylation sites is 1. The number of benzene rings is 4. The van der Waals surface area contributed by atoms with Gasteiger partial charge in [-0.05, 0) is 78.5 Å². The molecule has 5 N–H and O–H groups in total. The Kier molecular flexibility index (Phi) is 23.7. The molecule has 6 aromatic rings. The summed E-state index contributed by atoms with van der Waals surface area (Å²) in [6.07, 6.45) is 1.95. The number of halogens is 1. The van der Waals surface area contributed by atoms with E-state index in [2.05, 4.69) is 107 Å². The fraction of sp³-hybridized carbons (Fsp3) is 0.306. The van der Waals surface area contributed by atoms with E-state index in [0.717, 1.165) is 40.4 Å². The molecule has 1 aliphatic heterocycles. The summed E-state index contributed by atoms with van der Waals surface area (Å²) in [5.41, 5.74) is 0.805. The van der Waals surface area contributed by atoms with Crippen LogP contribution in [0.3, 0.4) is 0 Å². The number of allylic oxidation sites excluding steroid dienone is 1. The third-order valence-electron chi connectivity index (χ3n) is 8.95. The van der Waals surface area contributed by atoms with Gasteiger partial charge in [0.05, 0.1) is 6.61 Å². The van der Waals surface area contributed by atoms with E-state index in [9.17, 15) is 9.59 Å². The van der Waals surface area contributed by atoms with E-state index in [-0.39, 0.29) is 23.2 Å². The van der Waals surface area contributed by atoms with Gasteiger partial charge in [0, 0.05) is 36.6 Å². The molecule has 2 aromatic heterocycles. The molecule has 0 saturated carbocycles. The molecule has 15 nitrogen and oxygen atoms in total. The minimum atomic E-state index is -3.80. The predicted octanol–water partition coefficient (Wildman–Crippen LogP) is 8.46. The Hall–Kier alpha value is -5.63. The number of hydrogen-bond donors (Lipinski definition) is 5. The Morgan fingerprint density at radius 1 is 0.691 bits per heavy atom. The normalized spacial score (nSPS) is 11.8. The molecule has 0 aliphatic carbocycles. The first-order chi connectivity index (χ1) is 32.8. The predicted molar refractivity (Wildman–Crippen MR) is 284 cm³/mol. The molecule has 0 radical (unpaired) electrons. The van der Waals surface area contributed by atoms with Crippen molar-refractivity contribution < 1.29 is 17.4 Å². The number of aromatic nitrogens is 6. The molecule has 0 unspecified atom stereocenters. The van der Waals surface area contributed by atoms with Gasteiger partial charge in [-0.3, -0.25) is 4.79 Å². The van der Waals surface area contributed by atoms with Gasteiger partial charge in [0.2, 0.25) is 29.1 Å². The zero-order chi connectivity index (χ0) is 49.3. The molecule has 3 heterocycles. The molecule has 1 aliphatic rings. The third-order valence-corrected chi connectivity index (χ3v) is 22.3. The van der Waals surface area contributed by atoms with Crippen LogP contribution in [0.4, 0.5) is 29.5 Å². The summed E-state index contributed by atoms with van der Waals surface area (Å²) in [6, 6.07) is 40.5. The van der Waals surface area contributed by atoms with Gasteiger partial charge < -0.3 is 31.3 Å². The van der Waals surface area contributed by atoms with Gasteiger partial charge in [0.15, 0.2) is 5.16 Å². The average molecular weight is 1090 g/mol. The Bertz CT molecular complexity index is 2390. The summed E-state index contributed by atoms with van der Waals surface area (Å²) in [5.74, 6) is 3.47. The second-order valence-electron chi connectivity index (χ2n) is 15.2. The van der Waals surface area contributed by atoms with Crippen molar-refractivity contribution in [2.24, 2.45) is 0 Å². The molecule has 0 saturated heterocycles. The summed E-state index contributed by atoms with van der Waals surface area (Å²) in [7, 11) is 0. The van der Waals surface area contributed by atoms with Gasteiger partial charge in [-0.1, -0.05) is 30.0 Å². The van der Waals surface area contributed by atoms with Crippen molar-refractivity contribution in [1.29, 1.82) is 0 Å². The quantitative estimate of drug-likeness (QED) is 0.0486. The van der Waals surface area contributed by atoms with Gasteiger partial charge in [-0.25, -0.2) is 0 Å². The van der Waals surface area contributed by atoms with Crippen molar-refractivity contribution in [1.82, 2.24) is 29.9 Å². The van der Waals surface area contributed by atoms with Gasteiger partial charge in [0.1, 0.15) is 10.7 Å². The maximum Gasteiger partial charge on any atom is 0.265 e. The first-order valence-electron chi connectivity index (χ1n) is 22.2. The minimum absolute atomic E-state index is 0.0894. The molecule has 4 aromatic carbocycles. The number of hydrogen-bond acceptors (Lipinski definition) is 16. The molecule has 68 heavy (non-hydrogen) atoms. The van der Waals surface area contributed by atoms with Crippen molar-refractivity contribution in [3.63, 3.8) is 0 Å². The van der Waals surface area contributed by atoms with E-state index < -0.39 is 18.8 Å². The van der Waals surface area contributed by atoms with Gasteiger partial charge in [-0.2, -0.15) is 29.9 Å². The van der Waals surface area contributed by atoms with Crippen LogP contribution in [0.5, 0.6) is 0 Å². The van der Waals surface area contributed by atoms with Crippen LogP contribution in [0.25, 0.3) is 0 Å². The summed E-state index contributed by atoms with van der Waals surface area (Å²) < 4.78 is 14.9. The van der Waals surface area contributed by atoms with Crippen molar-refractivity contribution >= 4 is 106 Å². The summed E-state index contributed by atoms with van der Waals surface area (Å²) in [5, 5.41) is 16.0. The molecular weight excluding hydrogens is 1020 g/mol. The second-order valence-corrected chi connectivity index (χ2v) is 26.8. The smallest absolute Gasteiger partial charge is 0.265 e. The third kappa shape index (κ3) is 18.1. The van der Waals surface area contributed by atoms with Crippen LogP contribution in [0.15, 0.2) is 137 Å². The summed E-state index contributed by atoms with van der Waals surface area (Å²) in [4.78, 5) is 49.4. The number of nitrogens with one attached hydrogen (secondary N) is 5. The largest absolute Gasteiger partial charge is 0.496 e. The van der Waals surface area contributed by atoms with Crippen LogP contribution in [0.1, 0.15) is 55.4 Å². The number of nitrogens with zero attached hydrogens (tertiary/aromatic N) is 6. The van der Waals surface area contributed by atoms with Crippen LogP contribution in [0, 0.1) is 0 Å². The molecule has 0 fully saturated rings. The molecule has 1 amide bonds. The standard InChI is InChI=1S/C12H13NO2S.C9H17N5S.C8H14ClN5.3C6H5.C2H4O2.Sn/c1-9-11(16-8-7-15-9)12(14)13-10-5-3-2-4-6-10;1-5-10-7-12-8(11-6(2)3)14-9(13-7)15-4;1-4-10-7-12-6(9)13-8(14-7)11-5(2)3;3*1-2-4-6-5-3-1;1-2(3)4;/h2-6H,7-8H2,1H3,(H,13,14);6H,5H2,1-4H3,(H2,10,11,12,13,14);5H,4H2,1-3H3,(H2,10,11,12,13,14);3*1-5H;1H3,(H,3,4);/q;;;;;;;+1/p-1. The molecule has 19 heteroatoms. The second kappa shape index (κ2) is 29.3. The fourth-order valence-electron chi connectivity index (χ4n) is 6.27. The van der Waals surface area contributed by atoms with Crippen LogP contribution in [-0.2, 0) is 17.4 Å². The first-order valence-corrected chi connectivity index (χ1v) is 30.2. The van der Waals surface area contributed by atoms with Gasteiger partial charge in [-0.15, -0.1) is 11.8 Å². The number of ether oxygens (including phenoxy) is 1. The molecular formula is C49H62ClN11O4S2Sn. The molecule has 0 spiro atoms. The number of carbonyl (C=O) groups excluding carboxylic acids is 2. The topological polar surface area (TPSA) is 190 Å². The van der Waals surface area contributed by atoms with E-state index >= 15 is 0 Å². The Morgan fingerprint density at radius 2 is 1.12 bits per heavy atom. The van der Waals surface area contributed by atoms with Crippen LogP contribution >= 0.6 is 35.1 Å². The molecule has 7 rings (SSSR count). The molecule has 0 bridgehead atoms. The van der Waals surface area contributed by atoms with E-state index in [4.69, 9.17) is 19.4 Å². The van der Waals surface area contributed by atoms with Crippen molar-refractivity contribution in [2.45, 2.75) is 72.6 Å². The number of anilines is 5. The van der Waals surface area contributed by atoms with Gasteiger partial charge in [0.25, 0.3) is 5.91 Å². The van der Waals surface area contributed by atoms with E-state index in [0.29, 0.717) is 47.1 Å². The zero-order valence-corrected chi connectivity index (χ0v) is 45.3. The van der Waals surface area contributed by atoms with Crippen molar-refractivity contribution in [3.05, 3.63) is 137 Å². The van der Waals surface area contributed by atoms with E-state index in [1.165, 1.54) is 18.7 Å². The SMILES string of the molecule is CC(=O)[O][Sn]([c]1ccccc1)([c]1ccccc1)[c]1ccccc1.CC1=C(C(=O)Nc2ccccc2)SCCO1.CCNc1nc(Cl)nc(NC(C)C)n1.CCNc1nc(NC(C)C)nc(SC)n1. The Labute approximate surface area is 418 Å². The minimum Gasteiger partial charge on any atom is -0.496 e. The van der Waals surface area contributed by atoms with Gasteiger partial charge >= 0.3 is 141 Å². The van der Waals surface area contributed by atoms with Crippen molar-refractivity contribution in [2.75, 3.05) is 58.3 Å². The van der Waals surface area contributed by atoms with Crippen LogP contribution in [-0.4, -0.2) is 104 Å². The average Bonchev–Trinajstić information content (AvgIpc) is 3.32. The molecule has 360 valence electrons. The molecule has 0 atom stereocenters. The van der Waals surface area contributed by atoms with Crippen LogP contribution < -0.4 is 37.3 Å².